The standard InChI is InChI=1S/C35H44FN3O3.C2HF3O2/c36-30-12-16-33(17-13-30)42-34-18-23-39(24-19-34)27-31(26-28-8-3-1-4-9-28)37-35(40)29-10-14-32(15-11-29)41-25-7-22-38-20-5-2-6-21-38;3-2(4,5)1(6)7/h1,3-4,8-17,31,34H,2,5-7,18-27H2,(H,37,40);(H,6,7)/t31-;/m0./s1. The number of benzene rings is 3. The molecule has 0 radical (unpaired) electrons. The van der Waals surface area contributed by atoms with Crippen LogP contribution in [0.3, 0.4) is 0 Å². The number of rotatable bonds is 13. The summed E-state index contributed by atoms with van der Waals surface area (Å²) in [6, 6.07) is 24.0. The SMILES string of the molecule is O=C(N[C@@H](Cc1ccccc1)CN1CCC(Oc2ccc(F)cc2)CC1)c1ccc(OCCCN2CCCCC2)cc1.O=C(O)C(F)(F)F. The summed E-state index contributed by atoms with van der Waals surface area (Å²) in [5.41, 5.74) is 1.84. The number of aliphatic carboxylic acids is 1. The first kappa shape index (κ1) is 37.7. The molecular weight excluding hydrogens is 642 g/mol. The molecule has 1 amide bonds. The first-order chi connectivity index (χ1) is 23.5. The second-order valence-electron chi connectivity index (χ2n) is 12.4. The molecule has 1 atom stereocenters. The highest BCUT2D eigenvalue weighted by molar-refractivity contribution is 5.94. The molecule has 8 nitrogen and oxygen atoms in total. The van der Waals surface area contributed by atoms with Crippen LogP contribution in [0.25, 0.3) is 0 Å². The number of nitrogens with zero attached hydrogens (tertiary/aromatic N) is 2. The van der Waals surface area contributed by atoms with E-state index in [0.717, 1.165) is 57.6 Å². The van der Waals surface area contributed by atoms with Crippen molar-refractivity contribution in [3.8, 4) is 11.5 Å². The van der Waals surface area contributed by atoms with Crippen molar-refractivity contribution in [1.82, 2.24) is 15.1 Å². The average Bonchev–Trinajstić information content (AvgIpc) is 3.09. The largest absolute Gasteiger partial charge is 0.494 e. The van der Waals surface area contributed by atoms with Gasteiger partial charge >= 0.3 is 12.1 Å². The molecule has 2 fully saturated rings. The Bertz CT molecular complexity index is 1410. The average molecular weight is 688 g/mol. The summed E-state index contributed by atoms with van der Waals surface area (Å²) in [7, 11) is 0. The number of carbonyl (C=O) groups excluding carboxylic acids is 1. The molecule has 0 aromatic heterocycles. The molecule has 2 heterocycles. The number of carbonyl (C=O) groups is 2. The summed E-state index contributed by atoms with van der Waals surface area (Å²) in [5.74, 6) is -1.57. The molecule has 3 aromatic carbocycles. The van der Waals surface area contributed by atoms with E-state index in [1.54, 1.807) is 12.1 Å². The lowest BCUT2D eigenvalue weighted by Gasteiger charge is -2.34. The highest BCUT2D eigenvalue weighted by Crippen LogP contribution is 2.21. The number of alkyl halides is 3. The number of likely N-dealkylation sites (tertiary alicyclic amines) is 2. The summed E-state index contributed by atoms with van der Waals surface area (Å²) in [5, 5.41) is 10.4. The molecule has 0 unspecified atom stereocenters. The number of nitrogens with one attached hydrogen (secondary N) is 1. The van der Waals surface area contributed by atoms with E-state index >= 15 is 0 Å². The van der Waals surface area contributed by atoms with Gasteiger partial charge in [-0.3, -0.25) is 4.79 Å². The monoisotopic (exact) mass is 687 g/mol. The van der Waals surface area contributed by atoms with E-state index in [9.17, 15) is 22.4 Å². The van der Waals surface area contributed by atoms with Gasteiger partial charge in [-0.25, -0.2) is 9.18 Å². The van der Waals surface area contributed by atoms with Gasteiger partial charge in [-0.15, -0.1) is 0 Å². The van der Waals surface area contributed by atoms with Gasteiger partial charge in [0.2, 0.25) is 0 Å². The Kier molecular flexibility index (Phi) is 14.7. The van der Waals surface area contributed by atoms with Crippen molar-refractivity contribution in [2.45, 2.75) is 63.3 Å². The molecule has 0 aliphatic carbocycles. The van der Waals surface area contributed by atoms with Crippen molar-refractivity contribution in [2.75, 3.05) is 45.9 Å². The van der Waals surface area contributed by atoms with Crippen LogP contribution in [0.1, 0.15) is 54.4 Å². The second kappa shape index (κ2) is 19.1. The van der Waals surface area contributed by atoms with Crippen LogP contribution in [0.2, 0.25) is 0 Å². The van der Waals surface area contributed by atoms with Crippen LogP contribution in [0.15, 0.2) is 78.9 Å². The minimum absolute atomic E-state index is 0.0276. The lowest BCUT2D eigenvalue weighted by atomic mass is 10.0. The Balaban J connectivity index is 0.000000698. The Labute approximate surface area is 285 Å². The molecule has 2 aliphatic heterocycles. The number of piperidine rings is 2. The van der Waals surface area contributed by atoms with Gasteiger partial charge < -0.3 is 29.7 Å². The van der Waals surface area contributed by atoms with Crippen molar-refractivity contribution in [3.05, 3.63) is 95.8 Å². The highest BCUT2D eigenvalue weighted by atomic mass is 19.4. The van der Waals surface area contributed by atoms with Crippen LogP contribution >= 0.6 is 0 Å². The molecule has 266 valence electrons. The molecule has 3 aromatic rings. The van der Waals surface area contributed by atoms with Gasteiger partial charge in [0.15, 0.2) is 0 Å². The molecule has 12 heteroatoms. The quantitative estimate of drug-likeness (QED) is 0.155. The number of hydrogen-bond acceptors (Lipinski definition) is 6. The van der Waals surface area contributed by atoms with Gasteiger partial charge in [0, 0.05) is 37.8 Å². The number of halogens is 4. The van der Waals surface area contributed by atoms with E-state index in [1.807, 2.05) is 42.5 Å². The van der Waals surface area contributed by atoms with E-state index in [-0.39, 0.29) is 23.9 Å². The summed E-state index contributed by atoms with van der Waals surface area (Å²) in [6.45, 7) is 6.73. The predicted molar refractivity (Wildman–Crippen MR) is 178 cm³/mol. The molecule has 49 heavy (non-hydrogen) atoms. The van der Waals surface area contributed by atoms with E-state index in [2.05, 4.69) is 27.2 Å². The van der Waals surface area contributed by atoms with Crippen molar-refractivity contribution in [2.24, 2.45) is 0 Å². The van der Waals surface area contributed by atoms with Crippen molar-refractivity contribution < 1.29 is 41.7 Å². The molecule has 2 saturated heterocycles. The van der Waals surface area contributed by atoms with Gasteiger partial charge in [-0.05, 0) is 106 Å². The van der Waals surface area contributed by atoms with E-state index < -0.39 is 12.1 Å². The molecule has 5 rings (SSSR count). The zero-order valence-electron chi connectivity index (χ0n) is 27.5. The van der Waals surface area contributed by atoms with Gasteiger partial charge in [-0.1, -0.05) is 36.8 Å². The van der Waals surface area contributed by atoms with E-state index in [1.165, 1.54) is 50.0 Å². The fourth-order valence-corrected chi connectivity index (χ4v) is 5.92. The predicted octanol–water partition coefficient (Wildman–Crippen LogP) is 6.60. The molecule has 0 spiro atoms. The Morgan fingerprint density at radius 2 is 1.45 bits per heavy atom. The number of ether oxygens (including phenoxy) is 2. The lowest BCUT2D eigenvalue weighted by molar-refractivity contribution is -0.192. The first-order valence-corrected chi connectivity index (χ1v) is 16.8. The Morgan fingerprint density at radius 3 is 2.06 bits per heavy atom. The smallest absolute Gasteiger partial charge is 0.490 e. The molecule has 2 aliphatic rings. The van der Waals surface area contributed by atoms with Crippen molar-refractivity contribution in [3.63, 3.8) is 0 Å². The van der Waals surface area contributed by atoms with E-state index in [4.69, 9.17) is 19.4 Å². The zero-order chi connectivity index (χ0) is 35.1. The molecular formula is C37H45F4N3O5. The normalized spacial score (nSPS) is 16.6. The maximum absolute atomic E-state index is 13.3. The Hall–Kier alpha value is -4.16. The topological polar surface area (TPSA) is 91.3 Å². The van der Waals surface area contributed by atoms with Crippen LogP contribution in [0.5, 0.6) is 11.5 Å². The second-order valence-corrected chi connectivity index (χ2v) is 12.4. The fourth-order valence-electron chi connectivity index (χ4n) is 5.92. The van der Waals surface area contributed by atoms with Gasteiger partial charge in [0.1, 0.15) is 23.4 Å². The minimum Gasteiger partial charge on any atom is -0.494 e. The van der Waals surface area contributed by atoms with Gasteiger partial charge in [-0.2, -0.15) is 13.2 Å². The third kappa shape index (κ3) is 13.7. The van der Waals surface area contributed by atoms with Crippen molar-refractivity contribution >= 4 is 11.9 Å². The summed E-state index contributed by atoms with van der Waals surface area (Å²) in [6.07, 6.45) is 2.56. The number of carboxylic acids is 1. The van der Waals surface area contributed by atoms with Crippen LogP contribution in [0, 0.1) is 5.82 Å². The number of amides is 1. The maximum atomic E-state index is 13.3. The van der Waals surface area contributed by atoms with Crippen LogP contribution in [-0.2, 0) is 11.2 Å². The van der Waals surface area contributed by atoms with Crippen LogP contribution in [-0.4, -0.2) is 91.0 Å². The maximum Gasteiger partial charge on any atom is 0.490 e. The highest BCUT2D eigenvalue weighted by Gasteiger charge is 2.38. The lowest BCUT2D eigenvalue weighted by Crippen LogP contribution is -2.48. The summed E-state index contributed by atoms with van der Waals surface area (Å²) >= 11 is 0. The molecule has 0 saturated carbocycles. The van der Waals surface area contributed by atoms with E-state index in [0.29, 0.717) is 17.9 Å². The first-order valence-electron chi connectivity index (χ1n) is 16.8. The van der Waals surface area contributed by atoms with Gasteiger partial charge in [0.05, 0.1) is 6.61 Å². The molecule has 2 N–H and O–H groups in total. The summed E-state index contributed by atoms with van der Waals surface area (Å²) < 4.78 is 57.0. The van der Waals surface area contributed by atoms with Crippen LogP contribution in [0.4, 0.5) is 17.6 Å². The third-order valence-corrected chi connectivity index (χ3v) is 8.48. The van der Waals surface area contributed by atoms with Gasteiger partial charge in [0.25, 0.3) is 5.91 Å². The fraction of sp³-hybridized carbons (Fsp3) is 0.459. The Morgan fingerprint density at radius 1 is 0.837 bits per heavy atom. The van der Waals surface area contributed by atoms with Crippen molar-refractivity contribution in [1.29, 1.82) is 0 Å². The summed E-state index contributed by atoms with van der Waals surface area (Å²) in [4.78, 5) is 27.1. The third-order valence-electron chi connectivity index (χ3n) is 8.48. The molecule has 0 bridgehead atoms. The number of carboxylic acid groups (broad SMARTS) is 1. The minimum atomic E-state index is -5.08. The number of hydrogen-bond donors (Lipinski definition) is 2. The zero-order valence-corrected chi connectivity index (χ0v) is 27.5. The van der Waals surface area contributed by atoms with Crippen LogP contribution < -0.4 is 14.8 Å².